The van der Waals surface area contributed by atoms with Crippen LogP contribution in [0.4, 0.5) is 0 Å². The van der Waals surface area contributed by atoms with Gasteiger partial charge >= 0.3 is 5.97 Å². The van der Waals surface area contributed by atoms with Crippen LogP contribution < -0.4 is 0 Å². The van der Waals surface area contributed by atoms with Crippen LogP contribution in [0.3, 0.4) is 0 Å². The SMILES string of the molecule is CCOC(=O)C1CC(C)(C)CC1=O. The highest BCUT2D eigenvalue weighted by Crippen LogP contribution is 2.38. The second kappa shape index (κ2) is 3.48. The first-order valence-electron chi connectivity index (χ1n) is 4.65. The highest BCUT2D eigenvalue weighted by Gasteiger charge is 2.42. The third-order valence-electron chi connectivity index (χ3n) is 2.37. The Labute approximate surface area is 78.5 Å². The van der Waals surface area contributed by atoms with Crippen molar-refractivity contribution in [2.75, 3.05) is 6.61 Å². The van der Waals surface area contributed by atoms with E-state index in [-0.39, 0.29) is 17.2 Å². The van der Waals surface area contributed by atoms with Crippen molar-refractivity contribution in [3.8, 4) is 0 Å². The summed E-state index contributed by atoms with van der Waals surface area (Å²) in [6, 6.07) is 0. The molecule has 0 radical (unpaired) electrons. The average Bonchev–Trinajstić information content (AvgIpc) is 2.25. The molecule has 3 nitrogen and oxygen atoms in total. The molecule has 1 unspecified atom stereocenters. The molecule has 0 amide bonds. The van der Waals surface area contributed by atoms with Crippen molar-refractivity contribution >= 4 is 11.8 Å². The molecule has 13 heavy (non-hydrogen) atoms. The molecule has 1 rings (SSSR count). The van der Waals surface area contributed by atoms with Crippen molar-refractivity contribution in [1.82, 2.24) is 0 Å². The lowest BCUT2D eigenvalue weighted by molar-refractivity contribution is -0.150. The molecule has 0 aromatic rings. The summed E-state index contributed by atoms with van der Waals surface area (Å²) in [4.78, 5) is 22.7. The number of esters is 1. The van der Waals surface area contributed by atoms with Crippen LogP contribution in [0.2, 0.25) is 0 Å². The Morgan fingerprint density at radius 1 is 1.62 bits per heavy atom. The van der Waals surface area contributed by atoms with Gasteiger partial charge in [-0.2, -0.15) is 0 Å². The lowest BCUT2D eigenvalue weighted by Crippen LogP contribution is -2.21. The van der Waals surface area contributed by atoms with E-state index in [9.17, 15) is 9.59 Å². The summed E-state index contributed by atoms with van der Waals surface area (Å²) in [6.07, 6.45) is 1.13. The van der Waals surface area contributed by atoms with Gasteiger partial charge in [-0.25, -0.2) is 0 Å². The molecule has 3 heteroatoms. The Kier molecular flexibility index (Phi) is 2.74. The van der Waals surface area contributed by atoms with E-state index in [4.69, 9.17) is 4.74 Å². The van der Waals surface area contributed by atoms with E-state index >= 15 is 0 Å². The molecule has 0 aromatic heterocycles. The monoisotopic (exact) mass is 184 g/mol. The normalized spacial score (nSPS) is 26.1. The van der Waals surface area contributed by atoms with Crippen LogP contribution >= 0.6 is 0 Å². The van der Waals surface area contributed by atoms with Gasteiger partial charge in [0, 0.05) is 6.42 Å². The van der Waals surface area contributed by atoms with Gasteiger partial charge in [0.05, 0.1) is 6.61 Å². The largest absolute Gasteiger partial charge is 0.465 e. The minimum atomic E-state index is -0.505. The number of carbonyl (C=O) groups is 2. The van der Waals surface area contributed by atoms with Crippen molar-refractivity contribution in [2.45, 2.75) is 33.6 Å². The van der Waals surface area contributed by atoms with Crippen LogP contribution in [-0.2, 0) is 14.3 Å². The van der Waals surface area contributed by atoms with Gasteiger partial charge in [-0.3, -0.25) is 9.59 Å². The molecule has 0 spiro atoms. The first-order chi connectivity index (χ1) is 5.96. The minimum Gasteiger partial charge on any atom is -0.465 e. The highest BCUT2D eigenvalue weighted by molar-refractivity contribution is 6.00. The van der Waals surface area contributed by atoms with E-state index < -0.39 is 5.92 Å². The van der Waals surface area contributed by atoms with Crippen LogP contribution in [-0.4, -0.2) is 18.4 Å². The molecule has 0 heterocycles. The van der Waals surface area contributed by atoms with Gasteiger partial charge in [-0.1, -0.05) is 13.8 Å². The van der Waals surface area contributed by atoms with E-state index in [0.29, 0.717) is 19.4 Å². The van der Waals surface area contributed by atoms with E-state index in [2.05, 4.69) is 0 Å². The Morgan fingerprint density at radius 2 is 2.23 bits per heavy atom. The fraction of sp³-hybridized carbons (Fsp3) is 0.800. The first-order valence-corrected chi connectivity index (χ1v) is 4.65. The second-order valence-corrected chi connectivity index (χ2v) is 4.32. The van der Waals surface area contributed by atoms with Crippen LogP contribution in [0.1, 0.15) is 33.6 Å². The summed E-state index contributed by atoms with van der Waals surface area (Å²) in [5.41, 5.74) is -0.0332. The standard InChI is InChI=1S/C10H16O3/c1-4-13-9(12)7-5-10(2,3)6-8(7)11/h7H,4-6H2,1-3H3. The van der Waals surface area contributed by atoms with Gasteiger partial charge in [0.15, 0.2) is 0 Å². The number of Topliss-reactive ketones (excluding diaryl/α,β-unsaturated/α-hetero) is 1. The second-order valence-electron chi connectivity index (χ2n) is 4.32. The molecular formula is C10H16O3. The first kappa shape index (κ1) is 10.2. The maximum absolute atomic E-state index is 11.4. The molecule has 0 N–H and O–H groups in total. The Hall–Kier alpha value is -0.860. The maximum atomic E-state index is 11.4. The fourth-order valence-corrected chi connectivity index (χ4v) is 1.79. The third kappa shape index (κ3) is 2.29. The van der Waals surface area contributed by atoms with Crippen molar-refractivity contribution in [3.63, 3.8) is 0 Å². The lowest BCUT2D eigenvalue weighted by atomic mass is 9.91. The van der Waals surface area contributed by atoms with E-state index in [1.165, 1.54) is 0 Å². The number of carbonyl (C=O) groups excluding carboxylic acids is 2. The van der Waals surface area contributed by atoms with Crippen molar-refractivity contribution in [2.24, 2.45) is 11.3 Å². The zero-order valence-electron chi connectivity index (χ0n) is 8.42. The molecule has 1 aliphatic carbocycles. The van der Waals surface area contributed by atoms with Gasteiger partial charge in [0.2, 0.25) is 0 Å². The molecule has 0 aromatic carbocycles. The summed E-state index contributed by atoms with van der Waals surface area (Å²) in [7, 11) is 0. The van der Waals surface area contributed by atoms with Gasteiger partial charge in [-0.05, 0) is 18.8 Å². The number of hydrogen-bond acceptors (Lipinski definition) is 3. The van der Waals surface area contributed by atoms with E-state index in [1.54, 1.807) is 6.92 Å². The minimum absolute atomic E-state index is 0.0310. The Morgan fingerprint density at radius 3 is 2.62 bits per heavy atom. The van der Waals surface area contributed by atoms with Gasteiger partial charge in [0.25, 0.3) is 0 Å². The zero-order chi connectivity index (χ0) is 10.1. The number of hydrogen-bond donors (Lipinski definition) is 0. The van der Waals surface area contributed by atoms with Crippen LogP contribution in [0.25, 0.3) is 0 Å². The zero-order valence-corrected chi connectivity index (χ0v) is 8.42. The summed E-state index contributed by atoms with van der Waals surface area (Å²) < 4.78 is 4.83. The summed E-state index contributed by atoms with van der Waals surface area (Å²) in [5.74, 6) is -0.823. The molecule has 0 aliphatic heterocycles. The Balaban J connectivity index is 2.63. The quantitative estimate of drug-likeness (QED) is 0.483. The number of ketones is 1. The van der Waals surface area contributed by atoms with Crippen molar-refractivity contribution in [1.29, 1.82) is 0 Å². The third-order valence-corrected chi connectivity index (χ3v) is 2.37. The molecule has 1 atom stereocenters. The lowest BCUT2D eigenvalue weighted by Gasteiger charge is -2.14. The van der Waals surface area contributed by atoms with Crippen LogP contribution in [0, 0.1) is 11.3 Å². The van der Waals surface area contributed by atoms with E-state index in [0.717, 1.165) is 0 Å². The molecule has 74 valence electrons. The number of ether oxygens (including phenoxy) is 1. The van der Waals surface area contributed by atoms with Crippen molar-refractivity contribution < 1.29 is 14.3 Å². The predicted octanol–water partition coefficient (Wildman–Crippen LogP) is 1.55. The molecule has 0 saturated heterocycles. The van der Waals surface area contributed by atoms with Crippen molar-refractivity contribution in [3.05, 3.63) is 0 Å². The highest BCUT2D eigenvalue weighted by atomic mass is 16.5. The Bertz CT molecular complexity index is 230. The summed E-state index contributed by atoms with van der Waals surface area (Å²) >= 11 is 0. The van der Waals surface area contributed by atoms with Crippen LogP contribution in [0.15, 0.2) is 0 Å². The average molecular weight is 184 g/mol. The number of rotatable bonds is 2. The summed E-state index contributed by atoms with van der Waals surface area (Å²) in [5, 5.41) is 0. The molecular weight excluding hydrogens is 168 g/mol. The molecule has 1 aliphatic rings. The smallest absolute Gasteiger partial charge is 0.316 e. The van der Waals surface area contributed by atoms with Crippen LogP contribution in [0.5, 0.6) is 0 Å². The van der Waals surface area contributed by atoms with Gasteiger partial charge < -0.3 is 4.74 Å². The van der Waals surface area contributed by atoms with Gasteiger partial charge in [0.1, 0.15) is 11.7 Å². The maximum Gasteiger partial charge on any atom is 0.316 e. The fourth-order valence-electron chi connectivity index (χ4n) is 1.79. The molecule has 0 bridgehead atoms. The molecule has 1 saturated carbocycles. The predicted molar refractivity (Wildman–Crippen MR) is 48.1 cm³/mol. The van der Waals surface area contributed by atoms with Gasteiger partial charge in [-0.15, -0.1) is 0 Å². The topological polar surface area (TPSA) is 43.4 Å². The molecule has 1 fully saturated rings. The van der Waals surface area contributed by atoms with E-state index in [1.807, 2.05) is 13.8 Å². The summed E-state index contributed by atoms with van der Waals surface area (Å²) in [6.45, 7) is 6.11.